The normalized spacial score (nSPS) is 9.79. The number of aliphatic carboxylic acids is 1. The average Bonchev–Trinajstić information content (AvgIpc) is 2.51. The maximum Gasteiger partial charge on any atom is 0.309 e. The SMILES string of the molecule is CCC(=O)Nc1nc(CC(=O)O)co1. The van der Waals surface area contributed by atoms with E-state index in [2.05, 4.69) is 10.3 Å². The molecule has 2 N–H and O–H groups in total. The van der Waals surface area contributed by atoms with Crippen LogP contribution in [-0.4, -0.2) is 22.0 Å². The summed E-state index contributed by atoms with van der Waals surface area (Å²) in [4.78, 5) is 24.9. The molecule has 6 heteroatoms. The van der Waals surface area contributed by atoms with Crippen molar-refractivity contribution in [2.45, 2.75) is 19.8 Å². The lowest BCUT2D eigenvalue weighted by Crippen LogP contribution is -2.09. The third-order valence-electron chi connectivity index (χ3n) is 1.45. The summed E-state index contributed by atoms with van der Waals surface area (Å²) in [5.41, 5.74) is 0.281. The maximum absolute atomic E-state index is 10.9. The van der Waals surface area contributed by atoms with E-state index in [0.29, 0.717) is 6.42 Å². The van der Waals surface area contributed by atoms with Crippen LogP contribution in [0.3, 0.4) is 0 Å². The monoisotopic (exact) mass is 198 g/mol. The molecule has 1 aromatic rings. The van der Waals surface area contributed by atoms with E-state index < -0.39 is 5.97 Å². The summed E-state index contributed by atoms with van der Waals surface area (Å²) in [6.45, 7) is 1.69. The first-order valence-corrected chi connectivity index (χ1v) is 4.08. The van der Waals surface area contributed by atoms with Gasteiger partial charge in [-0.05, 0) is 0 Å². The minimum atomic E-state index is -0.994. The Morgan fingerprint density at radius 2 is 2.36 bits per heavy atom. The van der Waals surface area contributed by atoms with Gasteiger partial charge in [-0.1, -0.05) is 6.92 Å². The molecule has 14 heavy (non-hydrogen) atoms. The van der Waals surface area contributed by atoms with Crippen LogP contribution in [0.15, 0.2) is 10.7 Å². The fourth-order valence-corrected chi connectivity index (χ4v) is 0.808. The van der Waals surface area contributed by atoms with Gasteiger partial charge in [0.15, 0.2) is 0 Å². The number of carbonyl (C=O) groups is 2. The third kappa shape index (κ3) is 2.89. The molecule has 1 rings (SSSR count). The molecule has 0 atom stereocenters. The summed E-state index contributed by atoms with van der Waals surface area (Å²) in [6, 6.07) is 0.0353. The van der Waals surface area contributed by atoms with Gasteiger partial charge >= 0.3 is 12.0 Å². The second-order valence-corrected chi connectivity index (χ2v) is 2.62. The Kier molecular flexibility index (Phi) is 3.22. The average molecular weight is 198 g/mol. The van der Waals surface area contributed by atoms with Gasteiger partial charge in [-0.25, -0.2) is 0 Å². The van der Waals surface area contributed by atoms with E-state index in [1.54, 1.807) is 6.92 Å². The van der Waals surface area contributed by atoms with Gasteiger partial charge in [-0.2, -0.15) is 4.98 Å². The van der Waals surface area contributed by atoms with Crippen LogP contribution in [0.2, 0.25) is 0 Å². The highest BCUT2D eigenvalue weighted by Gasteiger charge is 2.08. The van der Waals surface area contributed by atoms with E-state index in [9.17, 15) is 9.59 Å². The molecular formula is C8H10N2O4. The number of anilines is 1. The molecule has 0 aromatic carbocycles. The Morgan fingerprint density at radius 1 is 1.64 bits per heavy atom. The number of rotatable bonds is 4. The molecule has 6 nitrogen and oxygen atoms in total. The summed E-state index contributed by atoms with van der Waals surface area (Å²) in [6.07, 6.45) is 1.31. The highest BCUT2D eigenvalue weighted by Crippen LogP contribution is 2.08. The summed E-state index contributed by atoms with van der Waals surface area (Å²) >= 11 is 0. The highest BCUT2D eigenvalue weighted by molar-refractivity contribution is 5.88. The zero-order valence-electron chi connectivity index (χ0n) is 7.61. The van der Waals surface area contributed by atoms with Crippen LogP contribution in [0.25, 0.3) is 0 Å². The predicted octanol–water partition coefficient (Wildman–Crippen LogP) is 0.650. The maximum atomic E-state index is 10.9. The van der Waals surface area contributed by atoms with E-state index >= 15 is 0 Å². The van der Waals surface area contributed by atoms with E-state index in [-0.39, 0.29) is 24.0 Å². The number of aromatic nitrogens is 1. The van der Waals surface area contributed by atoms with Crippen LogP contribution < -0.4 is 5.32 Å². The van der Waals surface area contributed by atoms with Crippen molar-refractivity contribution in [2.24, 2.45) is 0 Å². The lowest BCUT2D eigenvalue weighted by atomic mass is 10.3. The van der Waals surface area contributed by atoms with Crippen molar-refractivity contribution in [3.63, 3.8) is 0 Å². The first-order valence-electron chi connectivity index (χ1n) is 4.08. The Balaban J connectivity index is 2.59. The van der Waals surface area contributed by atoms with E-state index in [1.807, 2.05) is 0 Å². The predicted molar refractivity (Wildman–Crippen MR) is 46.8 cm³/mol. The molecule has 1 heterocycles. The largest absolute Gasteiger partial charge is 0.481 e. The third-order valence-corrected chi connectivity index (χ3v) is 1.45. The van der Waals surface area contributed by atoms with Gasteiger partial charge in [0.1, 0.15) is 6.26 Å². The number of amides is 1. The molecule has 0 fully saturated rings. The number of carboxylic acids is 1. The van der Waals surface area contributed by atoms with Crippen molar-refractivity contribution in [1.29, 1.82) is 0 Å². The molecular weight excluding hydrogens is 188 g/mol. The smallest absolute Gasteiger partial charge is 0.309 e. The number of nitrogens with zero attached hydrogens (tertiary/aromatic N) is 1. The summed E-state index contributed by atoms with van der Waals surface area (Å²) < 4.78 is 4.83. The van der Waals surface area contributed by atoms with Crippen LogP contribution >= 0.6 is 0 Å². The Hall–Kier alpha value is -1.85. The van der Waals surface area contributed by atoms with Gasteiger partial charge < -0.3 is 9.52 Å². The molecule has 0 saturated heterocycles. The van der Waals surface area contributed by atoms with Crippen LogP contribution in [-0.2, 0) is 16.0 Å². The van der Waals surface area contributed by atoms with Crippen molar-refractivity contribution in [3.05, 3.63) is 12.0 Å². The zero-order chi connectivity index (χ0) is 10.6. The lowest BCUT2D eigenvalue weighted by molar-refractivity contribution is -0.136. The minimum Gasteiger partial charge on any atom is -0.481 e. The summed E-state index contributed by atoms with van der Waals surface area (Å²) in [5, 5.41) is 10.8. The number of carbonyl (C=O) groups excluding carboxylic acids is 1. The fourth-order valence-electron chi connectivity index (χ4n) is 0.808. The first kappa shape index (κ1) is 10.2. The van der Waals surface area contributed by atoms with Crippen LogP contribution in [0.5, 0.6) is 0 Å². The Labute approximate surface area is 79.9 Å². The molecule has 0 aliphatic heterocycles. The van der Waals surface area contributed by atoms with Crippen molar-refractivity contribution < 1.29 is 19.1 Å². The number of hydrogen-bond acceptors (Lipinski definition) is 4. The zero-order valence-corrected chi connectivity index (χ0v) is 7.61. The highest BCUT2D eigenvalue weighted by atomic mass is 16.4. The quantitative estimate of drug-likeness (QED) is 0.740. The second-order valence-electron chi connectivity index (χ2n) is 2.62. The molecule has 1 aromatic heterocycles. The standard InChI is InChI=1S/C8H10N2O4/c1-2-6(11)10-8-9-5(4-14-8)3-7(12)13/h4H,2-3H2,1H3,(H,12,13)(H,9,10,11). The van der Waals surface area contributed by atoms with E-state index in [1.165, 1.54) is 6.26 Å². The van der Waals surface area contributed by atoms with Crippen molar-refractivity contribution in [3.8, 4) is 0 Å². The topological polar surface area (TPSA) is 92.4 Å². The summed E-state index contributed by atoms with van der Waals surface area (Å²) in [7, 11) is 0. The fraction of sp³-hybridized carbons (Fsp3) is 0.375. The number of nitrogens with one attached hydrogen (secondary N) is 1. The molecule has 0 spiro atoms. The molecule has 0 aliphatic rings. The second kappa shape index (κ2) is 4.40. The van der Waals surface area contributed by atoms with Gasteiger partial charge in [0, 0.05) is 6.42 Å². The van der Waals surface area contributed by atoms with Gasteiger partial charge in [0.05, 0.1) is 12.1 Å². The van der Waals surface area contributed by atoms with E-state index in [4.69, 9.17) is 9.52 Å². The number of oxazole rings is 1. The van der Waals surface area contributed by atoms with Crippen molar-refractivity contribution in [2.75, 3.05) is 5.32 Å². The molecule has 0 aliphatic carbocycles. The molecule has 0 saturated carbocycles. The Morgan fingerprint density at radius 3 is 2.93 bits per heavy atom. The summed E-state index contributed by atoms with van der Waals surface area (Å²) in [5.74, 6) is -1.22. The van der Waals surface area contributed by atoms with Crippen molar-refractivity contribution >= 4 is 17.9 Å². The first-order chi connectivity index (χ1) is 6.61. The minimum absolute atomic E-state index is 0.0353. The number of hydrogen-bond donors (Lipinski definition) is 2. The van der Waals surface area contributed by atoms with Gasteiger partial charge in [-0.3, -0.25) is 14.9 Å². The number of carboxylic acid groups (broad SMARTS) is 1. The lowest BCUT2D eigenvalue weighted by Gasteiger charge is -1.94. The molecule has 0 radical (unpaired) electrons. The molecule has 1 amide bonds. The molecule has 76 valence electrons. The van der Waals surface area contributed by atoms with E-state index in [0.717, 1.165) is 0 Å². The van der Waals surface area contributed by atoms with Crippen LogP contribution in [0.1, 0.15) is 19.0 Å². The van der Waals surface area contributed by atoms with Gasteiger partial charge in [0.2, 0.25) is 5.91 Å². The molecule has 0 bridgehead atoms. The van der Waals surface area contributed by atoms with Gasteiger partial charge in [-0.15, -0.1) is 0 Å². The Bertz CT molecular complexity index is 345. The van der Waals surface area contributed by atoms with Crippen molar-refractivity contribution in [1.82, 2.24) is 4.98 Å². The van der Waals surface area contributed by atoms with Crippen LogP contribution in [0, 0.1) is 0 Å². The van der Waals surface area contributed by atoms with Gasteiger partial charge in [0.25, 0.3) is 0 Å². The van der Waals surface area contributed by atoms with Crippen LogP contribution in [0.4, 0.5) is 6.01 Å². The molecule has 0 unspecified atom stereocenters.